The molecular formula is C16H17N3S. The van der Waals surface area contributed by atoms with Gasteiger partial charge in [0.15, 0.2) is 5.82 Å². The summed E-state index contributed by atoms with van der Waals surface area (Å²) in [4.78, 5) is 11.8. The number of aromatic nitrogens is 2. The van der Waals surface area contributed by atoms with Crippen LogP contribution in [-0.4, -0.2) is 16.5 Å². The number of hydrogen-bond donors (Lipinski definition) is 1. The molecule has 20 heavy (non-hydrogen) atoms. The highest BCUT2D eigenvalue weighted by Crippen LogP contribution is 2.29. The summed E-state index contributed by atoms with van der Waals surface area (Å²) in [7, 11) is 0. The summed E-state index contributed by atoms with van der Waals surface area (Å²) >= 11 is 1.73. The van der Waals surface area contributed by atoms with Crippen LogP contribution in [0.15, 0.2) is 30.3 Å². The van der Waals surface area contributed by atoms with E-state index >= 15 is 0 Å². The Morgan fingerprint density at radius 2 is 1.95 bits per heavy atom. The summed E-state index contributed by atoms with van der Waals surface area (Å²) in [5, 5.41) is 4.44. The molecule has 0 fully saturated rings. The molecule has 0 saturated heterocycles. The minimum Gasteiger partial charge on any atom is -0.370 e. The highest BCUT2D eigenvalue weighted by molar-refractivity contribution is 7.15. The molecule has 0 amide bonds. The maximum absolute atomic E-state index is 4.70. The molecule has 0 radical (unpaired) electrons. The van der Waals surface area contributed by atoms with Gasteiger partial charge in [-0.05, 0) is 45.0 Å². The molecule has 2 aromatic heterocycles. The molecule has 4 heteroatoms. The zero-order chi connectivity index (χ0) is 14.1. The Labute approximate surface area is 122 Å². The second-order valence-corrected chi connectivity index (χ2v) is 6.14. The molecule has 1 N–H and O–H groups in total. The molecule has 0 spiro atoms. The van der Waals surface area contributed by atoms with Crippen LogP contribution < -0.4 is 5.32 Å². The molecule has 102 valence electrons. The van der Waals surface area contributed by atoms with E-state index in [-0.39, 0.29) is 0 Å². The lowest BCUT2D eigenvalue weighted by Crippen LogP contribution is -2.02. The summed E-state index contributed by atoms with van der Waals surface area (Å²) in [6, 6.07) is 10.5. The average Bonchev–Trinajstić information content (AvgIpc) is 2.86. The Hall–Kier alpha value is -1.94. The van der Waals surface area contributed by atoms with Crippen LogP contribution in [0, 0.1) is 13.8 Å². The first kappa shape index (κ1) is 13.1. The van der Waals surface area contributed by atoms with Crippen molar-refractivity contribution in [2.24, 2.45) is 0 Å². The van der Waals surface area contributed by atoms with Crippen molar-refractivity contribution in [2.45, 2.75) is 20.8 Å². The Morgan fingerprint density at radius 1 is 1.10 bits per heavy atom. The number of nitrogens with zero attached hydrogens (tertiary/aromatic N) is 2. The van der Waals surface area contributed by atoms with Gasteiger partial charge in [0.2, 0.25) is 0 Å². The van der Waals surface area contributed by atoms with E-state index in [1.54, 1.807) is 11.3 Å². The van der Waals surface area contributed by atoms with Crippen molar-refractivity contribution in [3.63, 3.8) is 0 Å². The van der Waals surface area contributed by atoms with Crippen LogP contribution in [0.4, 0.5) is 5.82 Å². The van der Waals surface area contributed by atoms with E-state index in [1.807, 2.05) is 0 Å². The Kier molecular flexibility index (Phi) is 3.40. The normalized spacial score (nSPS) is 10.9. The fourth-order valence-corrected chi connectivity index (χ4v) is 3.01. The van der Waals surface area contributed by atoms with E-state index in [1.165, 1.54) is 10.4 Å². The maximum Gasteiger partial charge on any atom is 0.172 e. The van der Waals surface area contributed by atoms with Crippen LogP contribution >= 0.6 is 11.3 Å². The van der Waals surface area contributed by atoms with Crippen molar-refractivity contribution in [2.75, 3.05) is 11.9 Å². The Morgan fingerprint density at radius 3 is 2.65 bits per heavy atom. The van der Waals surface area contributed by atoms with Gasteiger partial charge in [0.05, 0.1) is 10.4 Å². The van der Waals surface area contributed by atoms with Crippen molar-refractivity contribution < 1.29 is 0 Å². The highest BCUT2D eigenvalue weighted by Gasteiger charge is 2.10. The first-order valence-electron chi connectivity index (χ1n) is 6.76. The SMILES string of the molecule is CCNc1nc(-c2ccc(C)s2)nc2ccc(C)cc12. The molecular weight excluding hydrogens is 266 g/mol. The lowest BCUT2D eigenvalue weighted by Gasteiger charge is -2.09. The average molecular weight is 283 g/mol. The van der Waals surface area contributed by atoms with Gasteiger partial charge in [0.25, 0.3) is 0 Å². The molecule has 2 heterocycles. The second-order valence-electron chi connectivity index (χ2n) is 4.86. The number of aryl methyl sites for hydroxylation is 2. The van der Waals surface area contributed by atoms with E-state index in [9.17, 15) is 0 Å². The molecule has 0 aliphatic carbocycles. The number of nitrogens with one attached hydrogen (secondary N) is 1. The van der Waals surface area contributed by atoms with Crippen LogP contribution in [0.1, 0.15) is 17.4 Å². The predicted octanol–water partition coefficient (Wildman–Crippen LogP) is 4.41. The monoisotopic (exact) mass is 283 g/mol. The van der Waals surface area contributed by atoms with Crippen LogP contribution in [0.2, 0.25) is 0 Å². The van der Waals surface area contributed by atoms with Gasteiger partial charge in [0.1, 0.15) is 5.82 Å². The third kappa shape index (κ3) is 2.39. The smallest absolute Gasteiger partial charge is 0.172 e. The minimum atomic E-state index is 0.801. The maximum atomic E-state index is 4.70. The summed E-state index contributed by atoms with van der Waals surface area (Å²) in [6.45, 7) is 7.12. The lowest BCUT2D eigenvalue weighted by molar-refractivity contribution is 1.15. The first-order valence-corrected chi connectivity index (χ1v) is 7.58. The van der Waals surface area contributed by atoms with Crippen molar-refractivity contribution in [3.8, 4) is 10.7 Å². The third-order valence-corrected chi connectivity index (χ3v) is 4.15. The molecule has 0 saturated carbocycles. The van der Waals surface area contributed by atoms with Crippen LogP contribution in [0.5, 0.6) is 0 Å². The highest BCUT2D eigenvalue weighted by atomic mass is 32.1. The van der Waals surface area contributed by atoms with E-state index < -0.39 is 0 Å². The van der Waals surface area contributed by atoms with Crippen molar-refractivity contribution in [1.82, 2.24) is 9.97 Å². The number of rotatable bonds is 3. The summed E-state index contributed by atoms with van der Waals surface area (Å²) in [5.74, 6) is 1.72. The van der Waals surface area contributed by atoms with Gasteiger partial charge in [0, 0.05) is 16.8 Å². The zero-order valence-corrected chi connectivity index (χ0v) is 12.7. The van der Waals surface area contributed by atoms with Crippen molar-refractivity contribution in [3.05, 3.63) is 40.8 Å². The van der Waals surface area contributed by atoms with Crippen LogP contribution in [0.25, 0.3) is 21.6 Å². The minimum absolute atomic E-state index is 0.801. The molecule has 0 atom stereocenters. The summed E-state index contributed by atoms with van der Waals surface area (Å²) in [6.07, 6.45) is 0. The number of thiophene rings is 1. The molecule has 3 aromatic rings. The fraction of sp³-hybridized carbons (Fsp3) is 0.250. The number of benzene rings is 1. The molecule has 1 aromatic carbocycles. The van der Waals surface area contributed by atoms with Gasteiger partial charge in [-0.25, -0.2) is 9.97 Å². The Balaban J connectivity index is 2.22. The molecule has 3 rings (SSSR count). The van der Waals surface area contributed by atoms with Crippen LogP contribution in [0.3, 0.4) is 0 Å². The second kappa shape index (κ2) is 5.21. The molecule has 3 nitrogen and oxygen atoms in total. The van der Waals surface area contributed by atoms with Crippen LogP contribution in [-0.2, 0) is 0 Å². The van der Waals surface area contributed by atoms with E-state index in [2.05, 4.69) is 56.4 Å². The molecule has 0 aliphatic rings. The van der Waals surface area contributed by atoms with Crippen molar-refractivity contribution in [1.29, 1.82) is 0 Å². The molecule has 0 unspecified atom stereocenters. The number of hydrogen-bond acceptors (Lipinski definition) is 4. The number of fused-ring (bicyclic) bond motifs is 1. The van der Waals surface area contributed by atoms with E-state index in [4.69, 9.17) is 9.97 Å². The summed E-state index contributed by atoms with van der Waals surface area (Å²) in [5.41, 5.74) is 2.21. The van der Waals surface area contributed by atoms with Gasteiger partial charge in [-0.3, -0.25) is 0 Å². The van der Waals surface area contributed by atoms with E-state index in [0.717, 1.165) is 34.0 Å². The molecule has 0 aliphatic heterocycles. The van der Waals surface area contributed by atoms with Gasteiger partial charge in [-0.2, -0.15) is 0 Å². The van der Waals surface area contributed by atoms with Crippen molar-refractivity contribution >= 4 is 28.1 Å². The summed E-state index contributed by atoms with van der Waals surface area (Å²) < 4.78 is 0. The largest absolute Gasteiger partial charge is 0.370 e. The first-order chi connectivity index (χ1) is 9.67. The van der Waals surface area contributed by atoms with Gasteiger partial charge in [-0.15, -0.1) is 11.3 Å². The third-order valence-electron chi connectivity index (χ3n) is 3.16. The van der Waals surface area contributed by atoms with E-state index in [0.29, 0.717) is 0 Å². The Bertz CT molecular complexity index is 762. The molecule has 0 bridgehead atoms. The zero-order valence-electron chi connectivity index (χ0n) is 11.9. The van der Waals surface area contributed by atoms with Gasteiger partial charge in [-0.1, -0.05) is 11.6 Å². The predicted molar refractivity (Wildman–Crippen MR) is 86.5 cm³/mol. The standard InChI is InChI=1S/C16H17N3S/c1-4-17-15-12-9-10(2)5-7-13(12)18-16(19-15)14-8-6-11(3)20-14/h5-9H,4H2,1-3H3,(H,17,18,19). The lowest BCUT2D eigenvalue weighted by atomic mass is 10.1. The fourth-order valence-electron chi connectivity index (χ4n) is 2.21. The topological polar surface area (TPSA) is 37.8 Å². The number of anilines is 1. The van der Waals surface area contributed by atoms with Gasteiger partial charge >= 0.3 is 0 Å². The van der Waals surface area contributed by atoms with Gasteiger partial charge < -0.3 is 5.32 Å². The quantitative estimate of drug-likeness (QED) is 0.774.